The molecule has 0 saturated carbocycles. The van der Waals surface area contributed by atoms with Gasteiger partial charge in [-0.2, -0.15) is 0 Å². The highest BCUT2D eigenvalue weighted by Gasteiger charge is 2.23. The summed E-state index contributed by atoms with van der Waals surface area (Å²) in [4.78, 5) is 9.77. The molecule has 0 amide bonds. The fourth-order valence-corrected chi connectivity index (χ4v) is 4.28. The molecule has 4 rings (SSSR count). The van der Waals surface area contributed by atoms with Crippen LogP contribution in [0.15, 0.2) is 59.6 Å². The number of nitrogens with one attached hydrogen (secondary N) is 2. The Bertz CT molecular complexity index is 835. The minimum atomic E-state index is 0.408. The van der Waals surface area contributed by atoms with Gasteiger partial charge < -0.3 is 20.3 Å². The quantitative estimate of drug-likeness (QED) is 0.532. The molecule has 2 aliphatic rings. The number of nitrogens with zero attached hydrogens (tertiary/aromatic N) is 3. The van der Waals surface area contributed by atoms with Gasteiger partial charge in [-0.25, -0.2) is 4.99 Å². The maximum absolute atomic E-state index is 5.46. The first-order valence-electron chi connectivity index (χ1n) is 11.5. The predicted molar refractivity (Wildman–Crippen MR) is 128 cm³/mol. The number of morpholine rings is 1. The molecule has 166 valence electrons. The molecule has 2 aromatic carbocycles. The molecule has 0 aromatic heterocycles. The minimum Gasteiger partial charge on any atom is -0.379 e. The van der Waals surface area contributed by atoms with Crippen LogP contribution in [0.1, 0.15) is 24.5 Å². The van der Waals surface area contributed by atoms with E-state index in [1.165, 1.54) is 16.8 Å². The van der Waals surface area contributed by atoms with E-state index in [1.54, 1.807) is 0 Å². The van der Waals surface area contributed by atoms with Crippen LogP contribution in [-0.2, 0) is 17.8 Å². The summed E-state index contributed by atoms with van der Waals surface area (Å²) in [6.07, 6.45) is 1.12. The monoisotopic (exact) mass is 421 g/mol. The number of hydrogen-bond donors (Lipinski definition) is 2. The van der Waals surface area contributed by atoms with Crippen molar-refractivity contribution in [3.05, 3.63) is 65.7 Å². The topological polar surface area (TPSA) is 52.1 Å². The van der Waals surface area contributed by atoms with Gasteiger partial charge in [-0.15, -0.1) is 0 Å². The van der Waals surface area contributed by atoms with Crippen molar-refractivity contribution in [3.63, 3.8) is 0 Å². The van der Waals surface area contributed by atoms with Crippen molar-refractivity contribution in [2.45, 2.75) is 32.5 Å². The average Bonchev–Trinajstić information content (AvgIpc) is 3.28. The second kappa shape index (κ2) is 11.2. The molecule has 2 N–H and O–H groups in total. The fraction of sp³-hybridized carbons (Fsp3) is 0.480. The number of anilines is 1. The van der Waals surface area contributed by atoms with Crippen molar-refractivity contribution in [2.24, 2.45) is 4.99 Å². The summed E-state index contributed by atoms with van der Waals surface area (Å²) in [5.74, 6) is 0.904. The van der Waals surface area contributed by atoms with Gasteiger partial charge >= 0.3 is 0 Å². The van der Waals surface area contributed by atoms with E-state index in [-0.39, 0.29) is 0 Å². The lowest BCUT2D eigenvalue weighted by molar-refractivity contribution is 0.0342. The van der Waals surface area contributed by atoms with Crippen molar-refractivity contribution < 1.29 is 4.74 Å². The van der Waals surface area contributed by atoms with Crippen LogP contribution in [0.25, 0.3) is 0 Å². The van der Waals surface area contributed by atoms with E-state index in [2.05, 4.69) is 82.0 Å². The molecule has 0 spiro atoms. The minimum absolute atomic E-state index is 0.408. The molecular weight excluding hydrogens is 386 g/mol. The smallest absolute Gasteiger partial charge is 0.191 e. The maximum atomic E-state index is 5.46. The summed E-state index contributed by atoms with van der Waals surface area (Å²) in [5.41, 5.74) is 3.90. The number of para-hydroxylation sites is 1. The van der Waals surface area contributed by atoms with E-state index in [1.807, 2.05) is 0 Å². The summed E-state index contributed by atoms with van der Waals surface area (Å²) < 4.78 is 5.46. The molecule has 0 bridgehead atoms. The molecule has 1 atom stereocenters. The first-order valence-corrected chi connectivity index (χ1v) is 11.5. The summed E-state index contributed by atoms with van der Waals surface area (Å²) in [6, 6.07) is 19.9. The molecule has 0 aliphatic carbocycles. The highest BCUT2D eigenvalue weighted by Crippen LogP contribution is 2.19. The molecule has 6 heteroatoms. The first kappa shape index (κ1) is 21.7. The third-order valence-corrected chi connectivity index (χ3v) is 5.92. The van der Waals surface area contributed by atoms with Gasteiger partial charge in [0.1, 0.15) is 0 Å². The van der Waals surface area contributed by atoms with Gasteiger partial charge in [-0.05, 0) is 36.6 Å². The second-order valence-corrected chi connectivity index (χ2v) is 8.32. The normalized spacial score (nSPS) is 20.1. The third kappa shape index (κ3) is 6.45. The maximum Gasteiger partial charge on any atom is 0.191 e. The average molecular weight is 422 g/mol. The van der Waals surface area contributed by atoms with E-state index in [0.717, 1.165) is 64.9 Å². The number of rotatable bonds is 7. The van der Waals surface area contributed by atoms with Crippen LogP contribution >= 0.6 is 0 Å². The Morgan fingerprint density at radius 1 is 1.03 bits per heavy atom. The fourth-order valence-electron chi connectivity index (χ4n) is 4.28. The standard InChI is InChI=1S/C25H35N5O/c1-2-26-25(28-23-11-12-30(20-23)24-9-4-3-5-10-24)27-18-21-7-6-8-22(17-21)19-29-13-15-31-16-14-29/h3-10,17,23H,2,11-16,18-20H2,1H3,(H2,26,27,28). The van der Waals surface area contributed by atoms with Gasteiger partial charge in [0, 0.05) is 51.0 Å². The van der Waals surface area contributed by atoms with Crippen LogP contribution in [0.5, 0.6) is 0 Å². The lowest BCUT2D eigenvalue weighted by Gasteiger charge is -2.26. The van der Waals surface area contributed by atoms with Crippen molar-refractivity contribution >= 4 is 11.6 Å². The second-order valence-electron chi connectivity index (χ2n) is 8.32. The van der Waals surface area contributed by atoms with Gasteiger partial charge in [0.2, 0.25) is 0 Å². The van der Waals surface area contributed by atoms with Crippen LogP contribution in [0.2, 0.25) is 0 Å². The molecule has 2 heterocycles. The summed E-state index contributed by atoms with van der Waals surface area (Å²) in [5, 5.41) is 7.06. The van der Waals surface area contributed by atoms with E-state index in [9.17, 15) is 0 Å². The van der Waals surface area contributed by atoms with Crippen molar-refractivity contribution in [1.82, 2.24) is 15.5 Å². The van der Waals surface area contributed by atoms with Gasteiger partial charge in [0.05, 0.1) is 19.8 Å². The number of benzene rings is 2. The van der Waals surface area contributed by atoms with Gasteiger partial charge in [0.15, 0.2) is 5.96 Å². The van der Waals surface area contributed by atoms with Crippen molar-refractivity contribution in [3.8, 4) is 0 Å². The number of aliphatic imine (C=N–C) groups is 1. The van der Waals surface area contributed by atoms with Crippen molar-refractivity contribution in [1.29, 1.82) is 0 Å². The third-order valence-electron chi connectivity index (χ3n) is 5.92. The zero-order chi connectivity index (χ0) is 21.3. The Hall–Kier alpha value is -2.57. The molecule has 2 saturated heterocycles. The lowest BCUT2D eigenvalue weighted by Crippen LogP contribution is -2.44. The SMILES string of the molecule is CCNC(=NCc1cccc(CN2CCOCC2)c1)NC1CCN(c2ccccc2)C1. The van der Waals surface area contributed by atoms with E-state index >= 15 is 0 Å². The molecule has 2 fully saturated rings. The zero-order valence-corrected chi connectivity index (χ0v) is 18.6. The molecular formula is C25H35N5O. The van der Waals surface area contributed by atoms with Crippen molar-refractivity contribution in [2.75, 3.05) is 50.8 Å². The number of hydrogen-bond acceptors (Lipinski definition) is 4. The Morgan fingerprint density at radius 2 is 1.84 bits per heavy atom. The Morgan fingerprint density at radius 3 is 2.65 bits per heavy atom. The van der Waals surface area contributed by atoms with Gasteiger partial charge in [0.25, 0.3) is 0 Å². The molecule has 31 heavy (non-hydrogen) atoms. The zero-order valence-electron chi connectivity index (χ0n) is 18.6. The van der Waals surface area contributed by atoms with E-state index in [0.29, 0.717) is 12.6 Å². The first-order chi connectivity index (χ1) is 15.3. The highest BCUT2D eigenvalue weighted by atomic mass is 16.5. The molecule has 0 radical (unpaired) electrons. The van der Waals surface area contributed by atoms with Crippen LogP contribution in [-0.4, -0.2) is 62.8 Å². The predicted octanol–water partition coefficient (Wildman–Crippen LogP) is 2.85. The highest BCUT2D eigenvalue weighted by molar-refractivity contribution is 5.80. The van der Waals surface area contributed by atoms with Gasteiger partial charge in [-0.1, -0.05) is 42.5 Å². The van der Waals surface area contributed by atoms with E-state index in [4.69, 9.17) is 9.73 Å². The summed E-state index contributed by atoms with van der Waals surface area (Å²) >= 11 is 0. The largest absolute Gasteiger partial charge is 0.379 e. The molecule has 6 nitrogen and oxygen atoms in total. The van der Waals surface area contributed by atoms with Crippen LogP contribution in [0, 0.1) is 0 Å². The molecule has 2 aliphatic heterocycles. The molecule has 2 aromatic rings. The van der Waals surface area contributed by atoms with E-state index < -0.39 is 0 Å². The van der Waals surface area contributed by atoms with Crippen LogP contribution < -0.4 is 15.5 Å². The molecule has 1 unspecified atom stereocenters. The van der Waals surface area contributed by atoms with Crippen LogP contribution in [0.3, 0.4) is 0 Å². The Labute approximate surface area is 186 Å². The lowest BCUT2D eigenvalue weighted by atomic mass is 10.1. The summed E-state index contributed by atoms with van der Waals surface area (Å²) in [7, 11) is 0. The number of ether oxygens (including phenoxy) is 1. The Kier molecular flexibility index (Phi) is 7.80. The Balaban J connectivity index is 1.33. The summed E-state index contributed by atoms with van der Waals surface area (Å²) in [6.45, 7) is 10.4. The van der Waals surface area contributed by atoms with Crippen LogP contribution in [0.4, 0.5) is 5.69 Å². The number of guanidine groups is 1. The van der Waals surface area contributed by atoms with Gasteiger partial charge in [-0.3, -0.25) is 4.90 Å².